The fraction of sp³-hybridized carbons (Fsp3) is 0. The fourth-order valence-electron chi connectivity index (χ4n) is 6.33. The molecule has 4 heteroatoms. The number of aromatic nitrogens is 3. The summed E-state index contributed by atoms with van der Waals surface area (Å²) in [4.78, 5) is 5.06. The highest BCUT2D eigenvalue weighted by atomic mass is 32.1. The summed E-state index contributed by atoms with van der Waals surface area (Å²) in [6, 6.07) is 49.8. The first-order chi connectivity index (χ1) is 20.3. The van der Waals surface area contributed by atoms with Gasteiger partial charge in [-0.1, -0.05) is 72.8 Å². The van der Waals surface area contributed by atoms with Crippen LogP contribution in [0.3, 0.4) is 0 Å². The number of rotatable bonds is 3. The van der Waals surface area contributed by atoms with Crippen molar-refractivity contribution in [3.8, 4) is 22.8 Å². The Morgan fingerprint density at radius 3 is 2.00 bits per heavy atom. The van der Waals surface area contributed by atoms with Gasteiger partial charge in [-0.3, -0.25) is 4.57 Å². The molecule has 192 valence electrons. The minimum Gasteiger partial charge on any atom is -0.309 e. The lowest BCUT2D eigenvalue weighted by Crippen LogP contribution is -1.98. The van der Waals surface area contributed by atoms with Gasteiger partial charge in [0.1, 0.15) is 5.82 Å². The van der Waals surface area contributed by atoms with Crippen LogP contribution in [0.25, 0.3) is 75.8 Å². The van der Waals surface area contributed by atoms with Crippen LogP contribution in [0, 0.1) is 0 Å². The van der Waals surface area contributed by atoms with Crippen LogP contribution in [0.4, 0.5) is 0 Å². The monoisotopic (exact) mass is 541 g/mol. The van der Waals surface area contributed by atoms with Crippen LogP contribution in [-0.2, 0) is 0 Å². The summed E-state index contributed by atoms with van der Waals surface area (Å²) in [7, 11) is 0. The lowest BCUT2D eigenvalue weighted by Gasteiger charge is -2.11. The molecule has 3 nitrogen and oxygen atoms in total. The SMILES string of the molecule is c1ccc(-n2c(-c3ccc(-n4c5ccccc5c5c6sc7ccccc7c6ccc54)cc3)nc3ccccc32)cc1. The Bertz CT molecular complexity index is 2410. The summed E-state index contributed by atoms with van der Waals surface area (Å²) in [5, 5.41) is 5.27. The zero-order valence-corrected chi connectivity index (χ0v) is 22.8. The van der Waals surface area contributed by atoms with Crippen LogP contribution < -0.4 is 0 Å². The number of para-hydroxylation sites is 4. The summed E-state index contributed by atoms with van der Waals surface area (Å²) < 4.78 is 7.34. The summed E-state index contributed by atoms with van der Waals surface area (Å²) in [6.07, 6.45) is 0. The number of hydrogen-bond acceptors (Lipinski definition) is 2. The van der Waals surface area contributed by atoms with E-state index in [1.54, 1.807) is 0 Å². The van der Waals surface area contributed by atoms with E-state index in [2.05, 4.69) is 143 Å². The van der Waals surface area contributed by atoms with E-state index in [0.29, 0.717) is 0 Å². The van der Waals surface area contributed by atoms with Gasteiger partial charge in [0, 0.05) is 47.9 Å². The van der Waals surface area contributed by atoms with Crippen molar-refractivity contribution in [1.82, 2.24) is 14.1 Å². The van der Waals surface area contributed by atoms with E-state index in [4.69, 9.17) is 4.98 Å². The molecule has 0 spiro atoms. The van der Waals surface area contributed by atoms with E-state index < -0.39 is 0 Å². The number of benzene rings is 6. The Hall–Kier alpha value is -5.19. The highest BCUT2D eigenvalue weighted by molar-refractivity contribution is 7.26. The highest BCUT2D eigenvalue weighted by Gasteiger charge is 2.18. The highest BCUT2D eigenvalue weighted by Crippen LogP contribution is 2.43. The van der Waals surface area contributed by atoms with Crippen molar-refractivity contribution >= 4 is 64.3 Å². The smallest absolute Gasteiger partial charge is 0.145 e. The van der Waals surface area contributed by atoms with Crippen molar-refractivity contribution in [2.45, 2.75) is 0 Å². The third kappa shape index (κ3) is 3.28. The quantitative estimate of drug-likeness (QED) is 0.218. The summed E-state index contributed by atoms with van der Waals surface area (Å²) in [5.41, 5.74) is 7.88. The molecule has 0 aliphatic carbocycles. The second kappa shape index (κ2) is 8.65. The van der Waals surface area contributed by atoms with Crippen LogP contribution in [0.2, 0.25) is 0 Å². The van der Waals surface area contributed by atoms with Crippen molar-refractivity contribution in [3.63, 3.8) is 0 Å². The van der Waals surface area contributed by atoms with Crippen molar-refractivity contribution in [2.75, 3.05) is 0 Å². The molecule has 0 aliphatic rings. The van der Waals surface area contributed by atoms with Gasteiger partial charge in [0.15, 0.2) is 0 Å². The lowest BCUT2D eigenvalue weighted by atomic mass is 10.1. The second-order valence-electron chi connectivity index (χ2n) is 10.4. The molecule has 3 heterocycles. The van der Waals surface area contributed by atoms with Gasteiger partial charge >= 0.3 is 0 Å². The Balaban J connectivity index is 1.26. The minimum atomic E-state index is 0.943. The summed E-state index contributed by atoms with van der Waals surface area (Å²) >= 11 is 1.89. The van der Waals surface area contributed by atoms with Gasteiger partial charge in [0.2, 0.25) is 0 Å². The predicted molar refractivity (Wildman–Crippen MR) is 174 cm³/mol. The van der Waals surface area contributed by atoms with E-state index in [-0.39, 0.29) is 0 Å². The molecule has 0 N–H and O–H groups in total. The first kappa shape index (κ1) is 22.6. The molecule has 3 aromatic heterocycles. The van der Waals surface area contributed by atoms with Gasteiger partial charge in [0.05, 0.1) is 22.1 Å². The maximum absolute atomic E-state index is 5.06. The molecule has 0 saturated heterocycles. The molecule has 0 aliphatic heterocycles. The van der Waals surface area contributed by atoms with Crippen LogP contribution >= 0.6 is 11.3 Å². The van der Waals surface area contributed by atoms with Crippen LogP contribution in [0.15, 0.2) is 140 Å². The molecule has 0 bridgehead atoms. The number of hydrogen-bond donors (Lipinski definition) is 0. The molecule has 0 fully saturated rings. The molecule has 6 aromatic carbocycles. The molecule has 9 rings (SSSR count). The average molecular weight is 542 g/mol. The first-order valence-electron chi connectivity index (χ1n) is 13.8. The van der Waals surface area contributed by atoms with Gasteiger partial charge in [-0.15, -0.1) is 11.3 Å². The van der Waals surface area contributed by atoms with E-state index >= 15 is 0 Å². The zero-order chi connectivity index (χ0) is 26.9. The molecular formula is C37H23N3S. The van der Waals surface area contributed by atoms with Crippen LogP contribution in [-0.4, -0.2) is 14.1 Å². The van der Waals surface area contributed by atoms with E-state index in [1.807, 2.05) is 17.4 Å². The molecular weight excluding hydrogens is 518 g/mol. The van der Waals surface area contributed by atoms with E-state index in [1.165, 1.54) is 42.0 Å². The third-order valence-electron chi connectivity index (χ3n) is 8.14. The summed E-state index contributed by atoms with van der Waals surface area (Å²) in [5.74, 6) is 0.943. The lowest BCUT2D eigenvalue weighted by molar-refractivity contribution is 1.10. The average Bonchev–Trinajstić information content (AvgIpc) is 3.71. The van der Waals surface area contributed by atoms with Crippen molar-refractivity contribution < 1.29 is 0 Å². The Kier molecular flexibility index (Phi) is 4.77. The Morgan fingerprint density at radius 2 is 1.15 bits per heavy atom. The topological polar surface area (TPSA) is 22.8 Å². The van der Waals surface area contributed by atoms with Crippen molar-refractivity contribution in [2.24, 2.45) is 0 Å². The predicted octanol–water partition coefficient (Wildman–Crippen LogP) is 10.2. The third-order valence-corrected chi connectivity index (χ3v) is 9.34. The molecule has 0 amide bonds. The number of thiophene rings is 1. The van der Waals surface area contributed by atoms with Crippen molar-refractivity contribution in [1.29, 1.82) is 0 Å². The molecule has 0 atom stereocenters. The van der Waals surface area contributed by atoms with Gasteiger partial charge < -0.3 is 4.57 Å². The molecule has 0 unspecified atom stereocenters. The maximum Gasteiger partial charge on any atom is 0.145 e. The van der Waals surface area contributed by atoms with Gasteiger partial charge in [0.25, 0.3) is 0 Å². The van der Waals surface area contributed by atoms with E-state index in [0.717, 1.165) is 33.8 Å². The molecule has 41 heavy (non-hydrogen) atoms. The minimum absolute atomic E-state index is 0.943. The molecule has 0 saturated carbocycles. The normalized spacial score (nSPS) is 11.9. The molecule has 9 aromatic rings. The Labute approximate surface area is 240 Å². The van der Waals surface area contributed by atoms with Gasteiger partial charge in [-0.2, -0.15) is 0 Å². The second-order valence-corrected chi connectivity index (χ2v) is 11.5. The zero-order valence-electron chi connectivity index (χ0n) is 22.0. The summed E-state index contributed by atoms with van der Waals surface area (Å²) in [6.45, 7) is 0. The largest absolute Gasteiger partial charge is 0.309 e. The molecule has 0 radical (unpaired) electrons. The van der Waals surface area contributed by atoms with Crippen molar-refractivity contribution in [3.05, 3.63) is 140 Å². The van der Waals surface area contributed by atoms with Crippen LogP contribution in [0.1, 0.15) is 0 Å². The Morgan fingerprint density at radius 1 is 0.463 bits per heavy atom. The standard InChI is InChI=1S/C37H23N3S/c1-2-10-25(11-3-1)40-32-16-8-6-14-30(32)38-37(40)24-18-20-26(21-19-24)39-31-15-7-4-13-29(31)35-33(39)23-22-28-27-12-5-9-17-34(27)41-36(28)35/h1-23H. The first-order valence-corrected chi connectivity index (χ1v) is 14.6. The van der Waals surface area contributed by atoms with Crippen LogP contribution in [0.5, 0.6) is 0 Å². The van der Waals surface area contributed by atoms with E-state index in [9.17, 15) is 0 Å². The van der Waals surface area contributed by atoms with Gasteiger partial charge in [-0.25, -0.2) is 4.98 Å². The van der Waals surface area contributed by atoms with Gasteiger partial charge in [-0.05, 0) is 66.7 Å². The number of nitrogens with zero attached hydrogens (tertiary/aromatic N) is 3. The number of fused-ring (bicyclic) bond motifs is 8. The fourth-order valence-corrected chi connectivity index (χ4v) is 7.59. The maximum atomic E-state index is 5.06. The number of imidazole rings is 1.